The summed E-state index contributed by atoms with van der Waals surface area (Å²) < 4.78 is 3.74. The monoisotopic (exact) mass is 201 g/mol. The summed E-state index contributed by atoms with van der Waals surface area (Å²) in [4.78, 5) is 0. The molecule has 0 aliphatic heterocycles. The summed E-state index contributed by atoms with van der Waals surface area (Å²) in [5, 5.41) is 18.4. The number of hydrogen-bond donors (Lipinski definition) is 2. The zero-order valence-electron chi connectivity index (χ0n) is 7.90. The van der Waals surface area contributed by atoms with Gasteiger partial charge in [0.2, 0.25) is 0 Å². The molecule has 1 atom stereocenters. The molecule has 0 saturated heterocycles. The number of aromatic nitrogens is 2. The van der Waals surface area contributed by atoms with Crippen molar-refractivity contribution in [2.45, 2.75) is 26.5 Å². The van der Waals surface area contributed by atoms with Gasteiger partial charge in [0.1, 0.15) is 0 Å². The second-order valence-corrected chi connectivity index (χ2v) is 3.95. The molecule has 0 aliphatic carbocycles. The molecule has 1 aromatic rings. The van der Waals surface area contributed by atoms with Gasteiger partial charge in [-0.2, -0.15) is 0 Å². The molecule has 0 fully saturated rings. The highest BCUT2D eigenvalue weighted by Crippen LogP contribution is 2.00. The third kappa shape index (κ3) is 3.80. The fourth-order valence-corrected chi connectivity index (χ4v) is 1.30. The Labute approximate surface area is 82.2 Å². The van der Waals surface area contributed by atoms with Crippen molar-refractivity contribution in [1.82, 2.24) is 14.9 Å². The Morgan fingerprint density at radius 1 is 1.62 bits per heavy atom. The van der Waals surface area contributed by atoms with Crippen LogP contribution in [0.2, 0.25) is 0 Å². The lowest BCUT2D eigenvalue weighted by atomic mass is 10.1. The molecule has 0 amide bonds. The van der Waals surface area contributed by atoms with Crippen LogP contribution >= 0.6 is 11.5 Å². The molecule has 0 saturated carbocycles. The summed E-state index contributed by atoms with van der Waals surface area (Å²) in [6.07, 6.45) is -0.286. The fourth-order valence-electron chi connectivity index (χ4n) is 0.845. The van der Waals surface area contributed by atoms with Gasteiger partial charge in [-0.25, -0.2) is 0 Å². The first-order valence-corrected chi connectivity index (χ1v) is 5.18. The maximum absolute atomic E-state index is 9.46. The first-order valence-electron chi connectivity index (χ1n) is 4.35. The Balaban J connectivity index is 2.14. The molecule has 5 heteroatoms. The van der Waals surface area contributed by atoms with E-state index in [-0.39, 0.29) is 6.10 Å². The molecule has 0 aromatic carbocycles. The van der Waals surface area contributed by atoms with Crippen LogP contribution in [-0.2, 0) is 6.54 Å². The second kappa shape index (κ2) is 5.26. The number of rotatable bonds is 5. The van der Waals surface area contributed by atoms with Crippen LogP contribution in [0, 0.1) is 5.92 Å². The third-order valence-electron chi connectivity index (χ3n) is 1.83. The average molecular weight is 201 g/mol. The van der Waals surface area contributed by atoms with E-state index in [2.05, 4.69) is 14.9 Å². The third-order valence-corrected chi connectivity index (χ3v) is 2.39. The molecule has 0 spiro atoms. The molecule has 0 radical (unpaired) electrons. The van der Waals surface area contributed by atoms with E-state index in [0.29, 0.717) is 19.0 Å². The highest BCUT2D eigenvalue weighted by atomic mass is 32.1. The van der Waals surface area contributed by atoms with Gasteiger partial charge < -0.3 is 10.4 Å². The highest BCUT2D eigenvalue weighted by molar-refractivity contribution is 7.03. The van der Waals surface area contributed by atoms with Gasteiger partial charge >= 0.3 is 0 Å². The van der Waals surface area contributed by atoms with Crippen molar-refractivity contribution in [3.05, 3.63) is 11.1 Å². The lowest BCUT2D eigenvalue weighted by Gasteiger charge is -2.14. The van der Waals surface area contributed by atoms with Crippen molar-refractivity contribution in [3.8, 4) is 0 Å². The molecule has 1 aromatic heterocycles. The Kier molecular flexibility index (Phi) is 4.27. The van der Waals surface area contributed by atoms with Crippen molar-refractivity contribution in [1.29, 1.82) is 0 Å². The standard InChI is InChI=1S/C8H15N3OS/c1-6(2)8(12)4-9-3-7-5-13-11-10-7/h5-6,8-9,12H,3-4H2,1-2H3. The lowest BCUT2D eigenvalue weighted by molar-refractivity contribution is 0.123. The van der Waals surface area contributed by atoms with Crippen molar-refractivity contribution < 1.29 is 5.11 Å². The van der Waals surface area contributed by atoms with Crippen molar-refractivity contribution in [2.75, 3.05) is 6.54 Å². The second-order valence-electron chi connectivity index (χ2n) is 3.34. The topological polar surface area (TPSA) is 58.0 Å². The molecule has 2 N–H and O–H groups in total. The van der Waals surface area contributed by atoms with Crippen LogP contribution in [-0.4, -0.2) is 27.3 Å². The van der Waals surface area contributed by atoms with Crippen LogP contribution in [0.5, 0.6) is 0 Å². The Morgan fingerprint density at radius 2 is 2.38 bits per heavy atom. The maximum atomic E-state index is 9.46. The van der Waals surface area contributed by atoms with Gasteiger partial charge in [-0.15, -0.1) is 5.10 Å². The van der Waals surface area contributed by atoms with E-state index in [0.717, 1.165) is 5.69 Å². The summed E-state index contributed by atoms with van der Waals surface area (Å²) in [6, 6.07) is 0. The Hall–Kier alpha value is -0.520. The van der Waals surface area contributed by atoms with Crippen LogP contribution in [0.15, 0.2) is 5.38 Å². The zero-order chi connectivity index (χ0) is 9.68. The van der Waals surface area contributed by atoms with Crippen LogP contribution in [0.4, 0.5) is 0 Å². The number of hydrogen-bond acceptors (Lipinski definition) is 5. The smallest absolute Gasteiger partial charge is 0.0893 e. The van der Waals surface area contributed by atoms with Gasteiger partial charge in [0, 0.05) is 18.5 Å². The highest BCUT2D eigenvalue weighted by Gasteiger charge is 2.07. The van der Waals surface area contributed by atoms with E-state index in [1.165, 1.54) is 11.5 Å². The minimum Gasteiger partial charge on any atom is -0.392 e. The summed E-state index contributed by atoms with van der Waals surface area (Å²) in [5.41, 5.74) is 0.931. The van der Waals surface area contributed by atoms with Gasteiger partial charge in [-0.1, -0.05) is 18.3 Å². The molecule has 0 bridgehead atoms. The Morgan fingerprint density at radius 3 is 2.92 bits per heavy atom. The van der Waals surface area contributed by atoms with Gasteiger partial charge in [0.05, 0.1) is 11.8 Å². The normalized spacial score (nSPS) is 13.5. The largest absolute Gasteiger partial charge is 0.392 e. The SMILES string of the molecule is CC(C)C(O)CNCc1csnn1. The molecule has 74 valence electrons. The summed E-state index contributed by atoms with van der Waals surface area (Å²) >= 11 is 1.34. The Bertz CT molecular complexity index is 225. The molecular formula is C8H15N3OS. The predicted octanol–water partition coefficient (Wildman–Crippen LogP) is 0.645. The van der Waals surface area contributed by atoms with Gasteiger partial charge in [-0.3, -0.25) is 0 Å². The minimum atomic E-state index is -0.286. The summed E-state index contributed by atoms with van der Waals surface area (Å²) in [6.45, 7) is 5.28. The van der Waals surface area contributed by atoms with Crippen molar-refractivity contribution >= 4 is 11.5 Å². The number of aliphatic hydroxyl groups is 1. The lowest BCUT2D eigenvalue weighted by Crippen LogP contribution is -2.30. The predicted molar refractivity (Wildman–Crippen MR) is 52.5 cm³/mol. The number of aliphatic hydroxyl groups excluding tert-OH is 1. The molecule has 1 heterocycles. The maximum Gasteiger partial charge on any atom is 0.0893 e. The molecule has 1 rings (SSSR count). The molecule has 1 unspecified atom stereocenters. The van der Waals surface area contributed by atoms with Crippen LogP contribution in [0.25, 0.3) is 0 Å². The first kappa shape index (κ1) is 10.6. The molecule has 4 nitrogen and oxygen atoms in total. The van der Waals surface area contributed by atoms with Crippen LogP contribution in [0.3, 0.4) is 0 Å². The van der Waals surface area contributed by atoms with Crippen molar-refractivity contribution in [2.24, 2.45) is 5.92 Å². The molecule has 0 aliphatic rings. The van der Waals surface area contributed by atoms with E-state index in [9.17, 15) is 5.11 Å². The van der Waals surface area contributed by atoms with E-state index >= 15 is 0 Å². The van der Waals surface area contributed by atoms with E-state index in [1.807, 2.05) is 19.2 Å². The van der Waals surface area contributed by atoms with Gasteiger partial charge in [0.25, 0.3) is 0 Å². The fraction of sp³-hybridized carbons (Fsp3) is 0.750. The molecule has 13 heavy (non-hydrogen) atoms. The van der Waals surface area contributed by atoms with Gasteiger partial charge in [-0.05, 0) is 17.5 Å². The van der Waals surface area contributed by atoms with E-state index < -0.39 is 0 Å². The van der Waals surface area contributed by atoms with Crippen molar-refractivity contribution in [3.63, 3.8) is 0 Å². The molecular weight excluding hydrogens is 186 g/mol. The average Bonchev–Trinajstić information content (AvgIpc) is 2.56. The summed E-state index contributed by atoms with van der Waals surface area (Å²) in [7, 11) is 0. The van der Waals surface area contributed by atoms with E-state index in [1.54, 1.807) is 0 Å². The zero-order valence-corrected chi connectivity index (χ0v) is 8.71. The minimum absolute atomic E-state index is 0.286. The quantitative estimate of drug-likeness (QED) is 0.734. The number of nitrogens with one attached hydrogen (secondary N) is 1. The number of nitrogens with zero attached hydrogens (tertiary/aromatic N) is 2. The summed E-state index contributed by atoms with van der Waals surface area (Å²) in [5.74, 6) is 0.293. The van der Waals surface area contributed by atoms with Crippen LogP contribution < -0.4 is 5.32 Å². The first-order chi connectivity index (χ1) is 6.20. The van der Waals surface area contributed by atoms with Crippen LogP contribution in [0.1, 0.15) is 19.5 Å². The van der Waals surface area contributed by atoms with E-state index in [4.69, 9.17) is 0 Å². The van der Waals surface area contributed by atoms with Gasteiger partial charge in [0.15, 0.2) is 0 Å².